The van der Waals surface area contributed by atoms with Crippen LogP contribution in [0.1, 0.15) is 33.6 Å². The molecule has 1 fully saturated rings. The number of hydrogen-bond acceptors (Lipinski definition) is 3. The van der Waals surface area contributed by atoms with Crippen molar-refractivity contribution < 1.29 is 14.6 Å². The van der Waals surface area contributed by atoms with E-state index in [0.29, 0.717) is 18.9 Å². The Balaban J connectivity index is 1.68. The van der Waals surface area contributed by atoms with E-state index in [1.165, 1.54) is 4.90 Å². The lowest BCUT2D eigenvalue weighted by molar-refractivity contribution is -0.0172. The van der Waals surface area contributed by atoms with Gasteiger partial charge in [0.25, 0.3) is 6.01 Å². The molecule has 0 unspecified atom stereocenters. The van der Waals surface area contributed by atoms with Crippen LogP contribution >= 0.6 is 0 Å². The van der Waals surface area contributed by atoms with Gasteiger partial charge in [0.05, 0.1) is 11.0 Å². The van der Waals surface area contributed by atoms with Crippen molar-refractivity contribution in [1.82, 2.24) is 14.5 Å². The van der Waals surface area contributed by atoms with Gasteiger partial charge in [-0.15, -0.1) is 0 Å². The number of hydrogen-bond donors (Lipinski definition) is 1. The third kappa shape index (κ3) is 2.85. The van der Waals surface area contributed by atoms with Crippen LogP contribution in [0.3, 0.4) is 0 Å². The quantitative estimate of drug-likeness (QED) is 0.943. The molecule has 1 amide bonds. The molecule has 6 nitrogen and oxygen atoms in total. The summed E-state index contributed by atoms with van der Waals surface area (Å²) in [6.45, 7) is 5.75. The maximum absolute atomic E-state index is 11.5. The van der Waals surface area contributed by atoms with Gasteiger partial charge in [-0.2, -0.15) is 4.98 Å². The molecule has 1 aromatic heterocycles. The molecule has 1 N–H and O–H groups in total. The number of rotatable bonds is 3. The molecule has 0 spiro atoms. The standard InChI is InChI=1S/C17H23N3O3/c1-17(2,3)20(16(21)22)11-9-12(10-11)23-15-18-13-7-5-6-8-14(13)19(15)4/h5-8,11-12H,9-10H2,1-4H3,(H,21,22). The van der Waals surface area contributed by atoms with Gasteiger partial charge in [-0.05, 0) is 32.9 Å². The topological polar surface area (TPSA) is 67.6 Å². The van der Waals surface area contributed by atoms with E-state index < -0.39 is 11.6 Å². The summed E-state index contributed by atoms with van der Waals surface area (Å²) in [5.74, 6) is 0. The second kappa shape index (κ2) is 5.44. The third-order valence-corrected chi connectivity index (χ3v) is 4.38. The number of imidazole rings is 1. The van der Waals surface area contributed by atoms with Gasteiger partial charge in [0.1, 0.15) is 6.10 Å². The molecule has 0 radical (unpaired) electrons. The minimum absolute atomic E-state index is 0.00665. The maximum atomic E-state index is 11.5. The molecule has 0 saturated heterocycles. The first kappa shape index (κ1) is 15.6. The highest BCUT2D eigenvalue weighted by molar-refractivity contribution is 5.76. The highest BCUT2D eigenvalue weighted by Crippen LogP contribution is 2.34. The highest BCUT2D eigenvalue weighted by Gasteiger charge is 2.42. The number of nitrogens with zero attached hydrogens (tertiary/aromatic N) is 3. The molecule has 1 saturated carbocycles. The van der Waals surface area contributed by atoms with Gasteiger partial charge in [0.15, 0.2) is 0 Å². The molecule has 6 heteroatoms. The molecule has 3 rings (SSSR count). The lowest BCUT2D eigenvalue weighted by Gasteiger charge is -2.46. The molecule has 2 aromatic rings. The maximum Gasteiger partial charge on any atom is 0.407 e. The van der Waals surface area contributed by atoms with Crippen LogP contribution in [0.15, 0.2) is 24.3 Å². The number of para-hydroxylation sites is 2. The summed E-state index contributed by atoms with van der Waals surface area (Å²) in [6.07, 6.45) is 0.544. The zero-order chi connectivity index (χ0) is 16.8. The van der Waals surface area contributed by atoms with Gasteiger partial charge in [-0.3, -0.25) is 4.57 Å². The Morgan fingerprint density at radius 1 is 1.35 bits per heavy atom. The van der Waals surface area contributed by atoms with Crippen LogP contribution in [0.2, 0.25) is 0 Å². The van der Waals surface area contributed by atoms with Crippen molar-refractivity contribution in [3.8, 4) is 6.01 Å². The highest BCUT2D eigenvalue weighted by atomic mass is 16.5. The Morgan fingerprint density at radius 3 is 2.57 bits per heavy atom. The molecule has 0 aliphatic heterocycles. The van der Waals surface area contributed by atoms with Gasteiger partial charge in [-0.1, -0.05) is 12.1 Å². The van der Waals surface area contributed by atoms with Crippen LogP contribution in [0.25, 0.3) is 11.0 Å². The van der Waals surface area contributed by atoms with E-state index in [1.54, 1.807) is 0 Å². The zero-order valence-corrected chi connectivity index (χ0v) is 14.0. The smallest absolute Gasteiger partial charge is 0.407 e. The number of aryl methyl sites for hydroxylation is 1. The van der Waals surface area contributed by atoms with Crippen molar-refractivity contribution in [2.75, 3.05) is 0 Å². The molecular formula is C17H23N3O3. The first-order valence-corrected chi connectivity index (χ1v) is 7.87. The molecule has 0 bridgehead atoms. The summed E-state index contributed by atoms with van der Waals surface area (Å²) >= 11 is 0. The second-order valence-corrected chi connectivity index (χ2v) is 7.13. The first-order valence-electron chi connectivity index (χ1n) is 7.87. The zero-order valence-electron chi connectivity index (χ0n) is 14.0. The van der Waals surface area contributed by atoms with E-state index >= 15 is 0 Å². The fraction of sp³-hybridized carbons (Fsp3) is 0.529. The summed E-state index contributed by atoms with van der Waals surface area (Å²) < 4.78 is 7.90. The Kier molecular flexibility index (Phi) is 3.70. The third-order valence-electron chi connectivity index (χ3n) is 4.38. The molecule has 1 aliphatic rings. The van der Waals surface area contributed by atoms with Crippen LogP contribution in [0, 0.1) is 0 Å². The van der Waals surface area contributed by atoms with Crippen molar-refractivity contribution in [2.45, 2.75) is 51.3 Å². The predicted molar refractivity (Wildman–Crippen MR) is 87.8 cm³/mol. The SMILES string of the molecule is Cn1c(OC2CC(N(C(=O)O)C(C)(C)C)C2)nc2ccccc21. The Morgan fingerprint density at radius 2 is 2.00 bits per heavy atom. The van der Waals surface area contributed by atoms with E-state index in [0.717, 1.165) is 11.0 Å². The minimum Gasteiger partial charge on any atom is -0.465 e. The summed E-state index contributed by atoms with van der Waals surface area (Å²) in [4.78, 5) is 17.5. The fourth-order valence-corrected chi connectivity index (χ4v) is 3.21. The number of amides is 1. The van der Waals surface area contributed by atoms with Gasteiger partial charge >= 0.3 is 6.09 Å². The van der Waals surface area contributed by atoms with E-state index in [-0.39, 0.29) is 12.1 Å². The van der Waals surface area contributed by atoms with E-state index in [1.807, 2.05) is 56.7 Å². The monoisotopic (exact) mass is 317 g/mol. The molecule has 1 aliphatic carbocycles. The average molecular weight is 317 g/mol. The van der Waals surface area contributed by atoms with Crippen molar-refractivity contribution in [3.05, 3.63) is 24.3 Å². The average Bonchev–Trinajstić information content (AvgIpc) is 2.71. The number of fused-ring (bicyclic) bond motifs is 1. The van der Waals surface area contributed by atoms with Gasteiger partial charge in [-0.25, -0.2) is 4.79 Å². The van der Waals surface area contributed by atoms with Crippen LogP contribution in [-0.2, 0) is 7.05 Å². The van der Waals surface area contributed by atoms with Gasteiger partial charge in [0, 0.05) is 31.5 Å². The Bertz CT molecular complexity index is 726. The first-order chi connectivity index (χ1) is 10.8. The summed E-state index contributed by atoms with van der Waals surface area (Å²) in [6, 6.07) is 8.48. The number of carbonyl (C=O) groups is 1. The summed E-state index contributed by atoms with van der Waals surface area (Å²) in [5.41, 5.74) is 1.53. The lowest BCUT2D eigenvalue weighted by atomic mass is 9.85. The number of carboxylic acid groups (broad SMARTS) is 1. The molecule has 0 atom stereocenters. The molecule has 23 heavy (non-hydrogen) atoms. The van der Waals surface area contributed by atoms with Crippen molar-refractivity contribution in [3.63, 3.8) is 0 Å². The van der Waals surface area contributed by atoms with E-state index in [4.69, 9.17) is 4.74 Å². The van der Waals surface area contributed by atoms with Crippen molar-refractivity contribution in [2.24, 2.45) is 7.05 Å². The molecular weight excluding hydrogens is 294 g/mol. The van der Waals surface area contributed by atoms with E-state index in [9.17, 15) is 9.90 Å². The Labute approximate surface area is 135 Å². The van der Waals surface area contributed by atoms with E-state index in [2.05, 4.69) is 4.98 Å². The number of benzene rings is 1. The van der Waals surface area contributed by atoms with Crippen molar-refractivity contribution in [1.29, 1.82) is 0 Å². The van der Waals surface area contributed by atoms with Gasteiger partial charge < -0.3 is 14.7 Å². The van der Waals surface area contributed by atoms with Crippen LogP contribution in [-0.4, -0.2) is 43.3 Å². The van der Waals surface area contributed by atoms with Gasteiger partial charge in [0.2, 0.25) is 0 Å². The van der Waals surface area contributed by atoms with Crippen LogP contribution in [0.5, 0.6) is 6.01 Å². The number of aromatic nitrogens is 2. The molecule has 1 aromatic carbocycles. The van der Waals surface area contributed by atoms with Crippen LogP contribution < -0.4 is 4.74 Å². The summed E-state index contributed by atoms with van der Waals surface area (Å²) in [7, 11) is 1.93. The molecule has 1 heterocycles. The lowest BCUT2D eigenvalue weighted by Crippen LogP contribution is -2.58. The second-order valence-electron chi connectivity index (χ2n) is 7.13. The van der Waals surface area contributed by atoms with Crippen molar-refractivity contribution >= 4 is 17.1 Å². The predicted octanol–water partition coefficient (Wildman–Crippen LogP) is 3.26. The summed E-state index contributed by atoms with van der Waals surface area (Å²) in [5, 5.41) is 9.43. The van der Waals surface area contributed by atoms with Crippen LogP contribution in [0.4, 0.5) is 4.79 Å². The number of ether oxygens (including phenoxy) is 1. The minimum atomic E-state index is -0.872. The Hall–Kier alpha value is -2.24. The molecule has 124 valence electrons. The fourth-order valence-electron chi connectivity index (χ4n) is 3.21. The normalized spacial score (nSPS) is 21.0. The largest absolute Gasteiger partial charge is 0.465 e.